The highest BCUT2D eigenvalue weighted by Crippen LogP contribution is 2.33. The number of hydrogen-bond donors (Lipinski definition) is 3. The summed E-state index contributed by atoms with van der Waals surface area (Å²) in [5, 5.41) is 21.8. The Morgan fingerprint density at radius 2 is 1.79 bits per heavy atom. The number of carboxylic acids is 1. The van der Waals surface area contributed by atoms with Crippen molar-refractivity contribution in [1.82, 2.24) is 0 Å². The van der Waals surface area contributed by atoms with Crippen molar-refractivity contribution in [3.05, 3.63) is 68.2 Å². The molecule has 0 saturated heterocycles. The molecule has 8 nitrogen and oxygen atoms in total. The molecule has 10 heteroatoms. The number of nitrogens with zero attached hydrogens (tertiary/aromatic N) is 1. The molecular weight excluding hydrogens is 421 g/mol. The third kappa shape index (κ3) is 8.99. The number of aliphatic carboxylic acids is 1. The van der Waals surface area contributed by atoms with Crippen LogP contribution < -0.4 is 11.1 Å². The standard InChI is InChI=1S/C14H11Cl2NO2.C5H12N2O3/c15-10-5-3-6-11(16)14(10)17-12-7-2-1-4-9(12)8-13(18)19;1-5(2,3-6)4-10-7(8)9/h1-7,17H,8H2,(H,18,19);3-4,6H2,1-2H3. The van der Waals surface area contributed by atoms with E-state index in [9.17, 15) is 14.9 Å². The largest absolute Gasteiger partial charge is 0.481 e. The van der Waals surface area contributed by atoms with E-state index in [1.165, 1.54) is 0 Å². The quantitative estimate of drug-likeness (QED) is 0.403. The fourth-order valence-corrected chi connectivity index (χ4v) is 2.49. The first-order valence-electron chi connectivity index (χ1n) is 8.54. The van der Waals surface area contributed by atoms with Gasteiger partial charge in [0.05, 0.1) is 22.2 Å². The SMILES string of the molecule is CC(C)(CN)CO[N+](=O)[O-].O=C(O)Cc1ccccc1Nc1c(Cl)cccc1Cl. The number of benzene rings is 2. The van der Waals surface area contributed by atoms with Gasteiger partial charge in [0.25, 0.3) is 5.09 Å². The number of halogens is 2. The van der Waals surface area contributed by atoms with E-state index in [0.717, 1.165) is 0 Å². The predicted octanol–water partition coefficient (Wildman–Crippen LogP) is 4.54. The molecule has 29 heavy (non-hydrogen) atoms. The lowest BCUT2D eigenvalue weighted by Crippen LogP contribution is -2.29. The zero-order valence-corrected chi connectivity index (χ0v) is 17.5. The average Bonchev–Trinajstić information content (AvgIpc) is 2.65. The maximum atomic E-state index is 10.8. The second-order valence-corrected chi connectivity index (χ2v) is 7.63. The maximum absolute atomic E-state index is 10.8. The molecule has 0 aromatic heterocycles. The van der Waals surface area contributed by atoms with Gasteiger partial charge in [-0.3, -0.25) is 4.79 Å². The molecular formula is C19H23Cl2N3O5. The van der Waals surface area contributed by atoms with E-state index in [1.807, 2.05) is 6.07 Å². The summed E-state index contributed by atoms with van der Waals surface area (Å²) in [4.78, 5) is 24.7. The van der Waals surface area contributed by atoms with Gasteiger partial charge in [-0.15, -0.1) is 10.1 Å². The number of nitrogens with two attached hydrogens (primary N) is 1. The van der Waals surface area contributed by atoms with E-state index in [-0.39, 0.29) is 18.4 Å². The van der Waals surface area contributed by atoms with Gasteiger partial charge in [-0.05, 0) is 30.3 Å². The summed E-state index contributed by atoms with van der Waals surface area (Å²) in [6.07, 6.45) is -0.0642. The van der Waals surface area contributed by atoms with Crippen LogP contribution in [0.1, 0.15) is 19.4 Å². The third-order valence-corrected chi connectivity index (χ3v) is 4.32. The van der Waals surface area contributed by atoms with Crippen LogP contribution in [0.3, 0.4) is 0 Å². The first-order chi connectivity index (χ1) is 13.6. The van der Waals surface area contributed by atoms with Gasteiger partial charge in [-0.1, -0.05) is 61.3 Å². The molecule has 0 unspecified atom stereocenters. The second-order valence-electron chi connectivity index (χ2n) is 6.81. The van der Waals surface area contributed by atoms with Gasteiger partial charge in [0.2, 0.25) is 0 Å². The number of rotatable bonds is 8. The topological polar surface area (TPSA) is 128 Å². The first kappa shape index (κ1) is 24.5. The summed E-state index contributed by atoms with van der Waals surface area (Å²) in [5.41, 5.74) is 6.90. The Morgan fingerprint density at radius 1 is 1.21 bits per heavy atom. The highest BCUT2D eigenvalue weighted by molar-refractivity contribution is 6.39. The minimum absolute atomic E-state index is 0.0521. The second kappa shape index (κ2) is 11.5. The summed E-state index contributed by atoms with van der Waals surface area (Å²) in [6.45, 7) is 4.03. The first-order valence-corrected chi connectivity index (χ1v) is 9.29. The summed E-state index contributed by atoms with van der Waals surface area (Å²) in [6, 6.07) is 12.3. The van der Waals surface area contributed by atoms with Gasteiger partial charge >= 0.3 is 5.97 Å². The van der Waals surface area contributed by atoms with Crippen LogP contribution >= 0.6 is 23.2 Å². The highest BCUT2D eigenvalue weighted by atomic mass is 35.5. The summed E-state index contributed by atoms with van der Waals surface area (Å²) in [5.74, 6) is -0.889. The van der Waals surface area contributed by atoms with Gasteiger partial charge in [-0.25, -0.2) is 0 Å². The molecule has 0 saturated carbocycles. The van der Waals surface area contributed by atoms with Crippen molar-refractivity contribution < 1.29 is 19.8 Å². The number of hydrogen-bond acceptors (Lipinski definition) is 6. The van der Waals surface area contributed by atoms with E-state index in [2.05, 4.69) is 10.2 Å². The number of carboxylic acid groups (broad SMARTS) is 1. The molecule has 2 aromatic carbocycles. The van der Waals surface area contributed by atoms with Crippen LogP contribution in [-0.4, -0.2) is 29.3 Å². The minimum Gasteiger partial charge on any atom is -0.481 e. The maximum Gasteiger partial charge on any atom is 0.307 e. The fourth-order valence-electron chi connectivity index (χ4n) is 2.00. The molecule has 2 aromatic rings. The van der Waals surface area contributed by atoms with Gasteiger partial charge in [-0.2, -0.15) is 0 Å². The van der Waals surface area contributed by atoms with Crippen LogP contribution in [0, 0.1) is 15.5 Å². The van der Waals surface area contributed by atoms with E-state index in [1.54, 1.807) is 50.2 Å². The van der Waals surface area contributed by atoms with Crippen molar-refractivity contribution in [3.63, 3.8) is 0 Å². The monoisotopic (exact) mass is 443 g/mol. The van der Waals surface area contributed by atoms with Crippen molar-refractivity contribution >= 4 is 40.5 Å². The predicted molar refractivity (Wildman–Crippen MR) is 113 cm³/mol. The Kier molecular flexibility index (Phi) is 9.67. The average molecular weight is 444 g/mol. The Bertz CT molecular complexity index is 826. The number of nitrogens with one attached hydrogen (secondary N) is 1. The Labute approximate surface area is 178 Å². The molecule has 0 amide bonds. The molecule has 0 heterocycles. The summed E-state index contributed by atoms with van der Waals surface area (Å²) in [7, 11) is 0. The van der Waals surface area contributed by atoms with Crippen molar-refractivity contribution in [2.45, 2.75) is 20.3 Å². The van der Waals surface area contributed by atoms with Crippen molar-refractivity contribution in [2.24, 2.45) is 11.1 Å². The molecule has 0 aliphatic heterocycles. The van der Waals surface area contributed by atoms with Crippen LogP contribution in [0.4, 0.5) is 11.4 Å². The van der Waals surface area contributed by atoms with Gasteiger partial charge < -0.3 is 21.0 Å². The van der Waals surface area contributed by atoms with E-state index < -0.39 is 11.1 Å². The molecule has 0 aliphatic carbocycles. The van der Waals surface area contributed by atoms with Crippen LogP contribution in [0.15, 0.2) is 42.5 Å². The molecule has 0 spiro atoms. The van der Waals surface area contributed by atoms with Crippen LogP contribution in [0.25, 0.3) is 0 Å². The molecule has 2 rings (SSSR count). The molecule has 0 aliphatic rings. The van der Waals surface area contributed by atoms with Crippen molar-refractivity contribution in [3.8, 4) is 0 Å². The van der Waals surface area contributed by atoms with Crippen LogP contribution in [0.5, 0.6) is 0 Å². The lowest BCUT2D eigenvalue weighted by atomic mass is 9.96. The zero-order chi connectivity index (χ0) is 22.0. The molecule has 4 N–H and O–H groups in total. The minimum atomic E-state index is -0.889. The van der Waals surface area contributed by atoms with Crippen molar-refractivity contribution in [1.29, 1.82) is 0 Å². The summed E-state index contributed by atoms with van der Waals surface area (Å²) >= 11 is 12.1. The van der Waals surface area contributed by atoms with Gasteiger partial charge in [0.15, 0.2) is 0 Å². The number of anilines is 2. The number of para-hydroxylation sites is 2. The van der Waals surface area contributed by atoms with E-state index >= 15 is 0 Å². The Balaban J connectivity index is 0.000000359. The van der Waals surface area contributed by atoms with Gasteiger partial charge in [0.1, 0.15) is 6.61 Å². The summed E-state index contributed by atoms with van der Waals surface area (Å²) < 4.78 is 0. The molecule has 0 atom stereocenters. The normalized spacial score (nSPS) is 10.5. The molecule has 0 fully saturated rings. The van der Waals surface area contributed by atoms with E-state index in [0.29, 0.717) is 33.5 Å². The molecule has 0 radical (unpaired) electrons. The zero-order valence-electron chi connectivity index (χ0n) is 16.0. The van der Waals surface area contributed by atoms with E-state index in [4.69, 9.17) is 34.0 Å². The third-order valence-electron chi connectivity index (χ3n) is 3.69. The van der Waals surface area contributed by atoms with Crippen LogP contribution in [-0.2, 0) is 16.1 Å². The fraction of sp³-hybridized carbons (Fsp3) is 0.316. The molecule has 0 bridgehead atoms. The lowest BCUT2D eigenvalue weighted by molar-refractivity contribution is -0.760. The Hall–Kier alpha value is -2.55. The smallest absolute Gasteiger partial charge is 0.307 e. The Morgan fingerprint density at radius 3 is 2.31 bits per heavy atom. The van der Waals surface area contributed by atoms with Crippen molar-refractivity contribution in [2.75, 3.05) is 18.5 Å². The van der Waals surface area contributed by atoms with Gasteiger partial charge in [0, 0.05) is 11.1 Å². The lowest BCUT2D eigenvalue weighted by Gasteiger charge is -2.19. The highest BCUT2D eigenvalue weighted by Gasteiger charge is 2.17. The number of carbonyl (C=O) groups is 1. The molecule has 158 valence electrons. The van der Waals surface area contributed by atoms with Crippen LogP contribution in [0.2, 0.25) is 10.0 Å².